The van der Waals surface area contributed by atoms with Gasteiger partial charge in [0, 0.05) is 23.4 Å². The number of hydrogen-bond donors (Lipinski definition) is 1. The molecule has 0 bridgehead atoms. The number of halogens is 3. The molecule has 1 aliphatic rings. The summed E-state index contributed by atoms with van der Waals surface area (Å²) in [7, 11) is 0. The van der Waals surface area contributed by atoms with E-state index in [1.165, 1.54) is 0 Å². The van der Waals surface area contributed by atoms with E-state index in [4.69, 9.17) is 27.7 Å². The molecule has 0 saturated carbocycles. The number of hydrogen-bond acceptors (Lipinski definition) is 2. The van der Waals surface area contributed by atoms with Crippen molar-refractivity contribution in [2.45, 2.75) is 51.0 Å². The third-order valence-electron chi connectivity index (χ3n) is 2.80. The number of carbonyl (C=O) groups is 1. The van der Waals surface area contributed by atoms with E-state index in [2.05, 4.69) is 0 Å². The lowest BCUT2D eigenvalue weighted by atomic mass is 9.96. The lowest BCUT2D eigenvalue weighted by Gasteiger charge is -2.28. The van der Waals surface area contributed by atoms with E-state index >= 15 is 0 Å². The summed E-state index contributed by atoms with van der Waals surface area (Å²) in [6.07, 6.45) is -28.3. The highest BCUT2D eigenvalue weighted by molar-refractivity contribution is 5.95. The van der Waals surface area contributed by atoms with Crippen molar-refractivity contribution in [3.8, 4) is 5.75 Å². The number of ether oxygens (including phenoxy) is 1. The van der Waals surface area contributed by atoms with Gasteiger partial charge in [-0.2, -0.15) is 13.2 Å². The van der Waals surface area contributed by atoms with Gasteiger partial charge in [0.25, 0.3) is 0 Å². The molecular formula is C17H19F3O3. The van der Waals surface area contributed by atoms with Gasteiger partial charge in [-0.3, -0.25) is 0 Å². The Morgan fingerprint density at radius 1 is 1.39 bits per heavy atom. The molecule has 2 rings (SSSR count). The normalized spacial score (nSPS) is 29.3. The Morgan fingerprint density at radius 2 is 2.17 bits per heavy atom. The van der Waals surface area contributed by atoms with Crippen LogP contribution in [0, 0.1) is 0 Å². The summed E-state index contributed by atoms with van der Waals surface area (Å²) >= 11 is 0. The maximum Gasteiger partial charge on any atom is 0.430 e. The van der Waals surface area contributed by atoms with E-state index in [1.54, 1.807) is 0 Å². The summed E-state index contributed by atoms with van der Waals surface area (Å²) < 4.78 is 147. The van der Waals surface area contributed by atoms with Gasteiger partial charge < -0.3 is 9.84 Å². The number of para-hydroxylation sites is 1. The van der Waals surface area contributed by atoms with Crippen LogP contribution in [0.25, 0.3) is 6.08 Å². The van der Waals surface area contributed by atoms with Gasteiger partial charge in [0.05, 0.1) is 5.57 Å². The smallest absolute Gasteiger partial charge is 0.430 e. The predicted octanol–water partition coefficient (Wildman–Crippen LogP) is 4.60. The van der Waals surface area contributed by atoms with Gasteiger partial charge >= 0.3 is 12.1 Å². The lowest BCUT2D eigenvalue weighted by molar-refractivity contribution is -0.187. The molecule has 1 aromatic carbocycles. The minimum Gasteiger partial charge on any atom is -0.478 e. The van der Waals surface area contributed by atoms with Gasteiger partial charge in [0.1, 0.15) is 5.75 Å². The topological polar surface area (TPSA) is 46.5 Å². The second kappa shape index (κ2) is 7.06. The Balaban J connectivity index is 2.77. The zero-order chi connectivity index (χ0) is 28.5. The monoisotopic (exact) mass is 341 g/mol. The van der Waals surface area contributed by atoms with Crippen LogP contribution >= 0.6 is 0 Å². The second-order valence-electron chi connectivity index (χ2n) is 4.29. The molecule has 1 heterocycles. The van der Waals surface area contributed by atoms with Crippen molar-refractivity contribution < 1.29 is 45.6 Å². The molecular weight excluding hydrogens is 309 g/mol. The Bertz CT molecular complexity index is 1080. The van der Waals surface area contributed by atoms with Gasteiger partial charge in [-0.15, -0.1) is 0 Å². The Hall–Kier alpha value is -1.98. The summed E-state index contributed by atoms with van der Waals surface area (Å²) in [5.41, 5.74) is -2.78. The van der Waals surface area contributed by atoms with E-state index in [1.807, 2.05) is 0 Å². The number of alkyl halides is 3. The summed E-state index contributed by atoms with van der Waals surface area (Å²) in [5, 5.41) is 9.14. The number of carboxylic acid groups (broad SMARTS) is 1. The first-order valence-electron chi connectivity index (χ1n) is 12.6. The largest absolute Gasteiger partial charge is 0.478 e. The van der Waals surface area contributed by atoms with Crippen LogP contribution in [0.1, 0.15) is 61.3 Å². The minimum atomic E-state index is -5.32. The minimum absolute atomic E-state index is 0.438. The molecule has 1 N–H and O–H groups in total. The van der Waals surface area contributed by atoms with Gasteiger partial charge in [-0.25, -0.2) is 4.79 Å². The molecule has 126 valence electrons. The molecule has 1 aromatic rings. The molecule has 0 amide bonds. The van der Waals surface area contributed by atoms with Crippen molar-refractivity contribution in [1.29, 1.82) is 0 Å². The third-order valence-corrected chi connectivity index (χ3v) is 2.80. The maximum atomic E-state index is 13.5. The van der Waals surface area contributed by atoms with E-state index < -0.39 is 79.4 Å². The maximum absolute atomic E-state index is 13.5. The van der Waals surface area contributed by atoms with Crippen LogP contribution in [0.5, 0.6) is 5.75 Å². The Kier molecular flexibility index (Phi) is 2.11. The van der Waals surface area contributed by atoms with E-state index in [-0.39, 0.29) is 0 Å². The highest BCUT2D eigenvalue weighted by atomic mass is 19.4. The highest BCUT2D eigenvalue weighted by Crippen LogP contribution is 2.39. The number of aryl methyl sites for hydroxylation is 1. The standard InChI is InChI=1S/C17H19F3O3/c1-2-3-4-5-7-11-8-6-9-12-10-13(16(21)22)15(17(18,19)20)23-14(11)12/h6,8-10,15H,2-5,7H2,1H3,(H,21,22)/i1D3,2D2,3D2,4D2,5D2,7D2. The molecule has 0 aromatic heterocycles. The van der Waals surface area contributed by atoms with Crippen molar-refractivity contribution in [1.82, 2.24) is 0 Å². The van der Waals surface area contributed by atoms with Crippen LogP contribution in [0.4, 0.5) is 13.2 Å². The summed E-state index contributed by atoms with van der Waals surface area (Å²) in [6, 6.07) is 2.69. The molecule has 3 nitrogen and oxygen atoms in total. The fraction of sp³-hybridized carbons (Fsp3) is 0.471. The zero-order valence-corrected chi connectivity index (χ0v) is 11.3. The van der Waals surface area contributed by atoms with Crippen LogP contribution in [0.3, 0.4) is 0 Å². The summed E-state index contributed by atoms with van der Waals surface area (Å²) in [6.45, 7) is -3.82. The van der Waals surface area contributed by atoms with E-state index in [9.17, 15) is 18.0 Å². The number of aliphatic carboxylic acids is 1. The first-order chi connectivity index (χ1) is 15.8. The van der Waals surface area contributed by atoms with E-state index in [0.717, 1.165) is 12.1 Å². The predicted molar refractivity (Wildman–Crippen MR) is 80.4 cm³/mol. The van der Waals surface area contributed by atoms with Crippen LogP contribution in [-0.4, -0.2) is 23.4 Å². The number of rotatable bonds is 6. The molecule has 0 saturated heterocycles. The number of fused-ring (bicyclic) bond motifs is 1. The van der Waals surface area contributed by atoms with Gasteiger partial charge in [-0.1, -0.05) is 44.2 Å². The van der Waals surface area contributed by atoms with Crippen LogP contribution in [0.2, 0.25) is 0 Å². The highest BCUT2D eigenvalue weighted by Gasteiger charge is 2.48. The van der Waals surface area contributed by atoms with Gasteiger partial charge in [-0.05, 0) is 24.4 Å². The summed E-state index contributed by atoms with van der Waals surface area (Å²) in [4.78, 5) is 11.3. The molecule has 1 atom stereocenters. The van der Waals surface area contributed by atoms with Crippen molar-refractivity contribution >= 4 is 12.0 Å². The van der Waals surface area contributed by atoms with Crippen molar-refractivity contribution in [2.75, 3.05) is 0 Å². The Morgan fingerprint density at radius 3 is 2.83 bits per heavy atom. The first kappa shape index (κ1) is 6.87. The van der Waals surface area contributed by atoms with Crippen LogP contribution < -0.4 is 4.74 Å². The molecule has 0 aliphatic carbocycles. The Labute approximate surface area is 151 Å². The molecule has 1 aliphatic heterocycles. The van der Waals surface area contributed by atoms with Crippen molar-refractivity contribution in [3.63, 3.8) is 0 Å². The van der Waals surface area contributed by atoms with Gasteiger partial charge in [0.15, 0.2) is 0 Å². The third kappa shape index (κ3) is 4.06. The average molecular weight is 341 g/mol. The quantitative estimate of drug-likeness (QED) is 0.822. The molecule has 0 spiro atoms. The summed E-state index contributed by atoms with van der Waals surface area (Å²) in [5.74, 6) is -3.02. The fourth-order valence-electron chi connectivity index (χ4n) is 1.90. The average Bonchev–Trinajstić information content (AvgIpc) is 2.70. The fourth-order valence-corrected chi connectivity index (χ4v) is 1.90. The molecule has 0 fully saturated rings. The van der Waals surface area contributed by atoms with Crippen LogP contribution in [-0.2, 0) is 11.2 Å². The molecule has 0 radical (unpaired) electrons. The lowest BCUT2D eigenvalue weighted by Crippen LogP contribution is -2.40. The zero-order valence-electron chi connectivity index (χ0n) is 24.3. The molecule has 6 heteroatoms. The molecule has 1 unspecified atom stereocenters. The van der Waals surface area contributed by atoms with E-state index in [0.29, 0.717) is 12.1 Å². The van der Waals surface area contributed by atoms with Gasteiger partial charge in [0.2, 0.25) is 6.10 Å². The first-order valence-corrected chi connectivity index (χ1v) is 6.08. The SMILES string of the molecule is [2H]C([2H])([2H])C([2H])([2H])C([2H])([2H])C([2H])([2H])C([2H])([2H])C([2H])([2H])c1cccc2c1OC(C(F)(F)F)C(C(=O)O)=C2. The van der Waals surface area contributed by atoms with Crippen molar-refractivity contribution in [2.24, 2.45) is 0 Å². The number of benzene rings is 1. The second-order valence-corrected chi connectivity index (χ2v) is 4.29. The molecule has 23 heavy (non-hydrogen) atoms. The number of carboxylic acids is 1. The van der Waals surface area contributed by atoms with Crippen molar-refractivity contribution in [3.05, 3.63) is 34.9 Å². The van der Waals surface area contributed by atoms with Crippen LogP contribution in [0.15, 0.2) is 23.8 Å².